The van der Waals surface area contributed by atoms with Crippen molar-refractivity contribution in [1.82, 2.24) is 9.97 Å². The fraction of sp³-hybridized carbons (Fsp3) is 0.280. The van der Waals surface area contributed by atoms with E-state index in [2.05, 4.69) is 53.4 Å². The first-order valence-electron chi connectivity index (χ1n) is 10.3. The molecule has 0 spiro atoms. The molecule has 0 bridgehead atoms. The lowest BCUT2D eigenvalue weighted by Crippen LogP contribution is -2.22. The van der Waals surface area contributed by atoms with Crippen molar-refractivity contribution in [1.29, 1.82) is 0 Å². The molecule has 2 aromatic carbocycles. The van der Waals surface area contributed by atoms with Gasteiger partial charge in [-0.25, -0.2) is 9.97 Å². The number of aryl methyl sites for hydroxylation is 1. The van der Waals surface area contributed by atoms with E-state index in [9.17, 15) is 9.59 Å². The number of carbonyl (C=O) groups excluding carboxylic acids is 2. The molecule has 30 heavy (non-hydrogen) atoms. The number of aromatic nitrogens is 2. The summed E-state index contributed by atoms with van der Waals surface area (Å²) in [5.74, 6) is 0.567. The zero-order valence-corrected chi connectivity index (χ0v) is 17.5. The van der Waals surface area contributed by atoms with Gasteiger partial charge in [0.2, 0.25) is 5.95 Å². The highest BCUT2D eigenvalue weighted by Gasteiger charge is 2.28. The van der Waals surface area contributed by atoms with Crippen LogP contribution in [0.5, 0.6) is 0 Å². The average molecular weight is 399 g/mol. The largest absolute Gasteiger partial charge is 0.294 e. The molecular formula is C25H25N3O2. The zero-order chi connectivity index (χ0) is 21.3. The first kappa shape index (κ1) is 20.0. The fourth-order valence-electron chi connectivity index (χ4n) is 3.85. The first-order chi connectivity index (χ1) is 14.4. The molecule has 5 nitrogen and oxygen atoms in total. The standard InChI is InChI=1S/C25H25N3O2/c1-15(2)17-7-9-18(10-8-17)20-12-22-21(23(29)13-20)14-26-25(27-22)28-24(30)19-6-4-5-16(3)11-19/h4-11,14-15,20H,12-13H2,1-3H3,(H,26,27,28,30)/t20-/m0/s1. The molecule has 3 aromatic rings. The van der Waals surface area contributed by atoms with E-state index in [0.29, 0.717) is 35.6 Å². The van der Waals surface area contributed by atoms with E-state index < -0.39 is 0 Å². The number of carbonyl (C=O) groups is 2. The number of nitrogens with one attached hydrogen (secondary N) is 1. The molecular weight excluding hydrogens is 374 g/mol. The molecule has 0 fully saturated rings. The van der Waals surface area contributed by atoms with Crippen LogP contribution in [0.4, 0.5) is 5.95 Å². The molecule has 1 aliphatic rings. The molecule has 0 saturated heterocycles. The van der Waals surface area contributed by atoms with Gasteiger partial charge in [-0.15, -0.1) is 0 Å². The van der Waals surface area contributed by atoms with Crippen molar-refractivity contribution in [2.45, 2.75) is 45.4 Å². The van der Waals surface area contributed by atoms with E-state index in [1.807, 2.05) is 25.1 Å². The predicted octanol–water partition coefficient (Wildman–Crippen LogP) is 5.07. The minimum atomic E-state index is -0.262. The number of rotatable bonds is 4. The minimum Gasteiger partial charge on any atom is -0.294 e. The van der Waals surface area contributed by atoms with Gasteiger partial charge in [0.1, 0.15) is 0 Å². The Bertz CT molecular complexity index is 1100. The summed E-state index contributed by atoms with van der Waals surface area (Å²) in [7, 11) is 0. The van der Waals surface area contributed by atoms with Crippen molar-refractivity contribution >= 4 is 17.6 Å². The van der Waals surface area contributed by atoms with Gasteiger partial charge in [0.05, 0.1) is 11.3 Å². The Balaban J connectivity index is 1.55. The average Bonchev–Trinajstić information content (AvgIpc) is 2.73. The Morgan fingerprint density at radius 2 is 1.87 bits per heavy atom. The van der Waals surface area contributed by atoms with Gasteiger partial charge in [-0.3, -0.25) is 14.9 Å². The number of benzene rings is 2. The Labute approximate surface area is 176 Å². The van der Waals surface area contributed by atoms with E-state index in [4.69, 9.17) is 0 Å². The van der Waals surface area contributed by atoms with Crippen LogP contribution in [-0.2, 0) is 6.42 Å². The van der Waals surface area contributed by atoms with Crippen molar-refractivity contribution in [3.8, 4) is 0 Å². The number of hydrogen-bond acceptors (Lipinski definition) is 4. The fourth-order valence-corrected chi connectivity index (χ4v) is 3.85. The van der Waals surface area contributed by atoms with E-state index >= 15 is 0 Å². The third-order valence-electron chi connectivity index (χ3n) is 5.62. The van der Waals surface area contributed by atoms with Crippen LogP contribution in [0.1, 0.15) is 75.2 Å². The highest BCUT2D eigenvalue weighted by Crippen LogP contribution is 2.32. The maximum Gasteiger partial charge on any atom is 0.258 e. The summed E-state index contributed by atoms with van der Waals surface area (Å²) in [5, 5.41) is 2.75. The molecule has 1 aromatic heterocycles. The topological polar surface area (TPSA) is 72.0 Å². The molecule has 5 heteroatoms. The smallest absolute Gasteiger partial charge is 0.258 e. The van der Waals surface area contributed by atoms with E-state index in [1.165, 1.54) is 11.8 Å². The molecule has 0 unspecified atom stereocenters. The van der Waals surface area contributed by atoms with Crippen LogP contribution < -0.4 is 5.32 Å². The van der Waals surface area contributed by atoms with Gasteiger partial charge >= 0.3 is 0 Å². The summed E-state index contributed by atoms with van der Waals surface area (Å²) in [6.07, 6.45) is 2.64. The number of nitrogens with zero attached hydrogens (tertiary/aromatic N) is 2. The molecule has 1 atom stereocenters. The summed E-state index contributed by atoms with van der Waals surface area (Å²) in [5.41, 5.74) is 5.23. The highest BCUT2D eigenvalue weighted by molar-refractivity contribution is 6.03. The molecule has 0 aliphatic heterocycles. The number of ketones is 1. The second-order valence-electron chi connectivity index (χ2n) is 8.23. The van der Waals surface area contributed by atoms with Crippen molar-refractivity contribution in [2.24, 2.45) is 0 Å². The van der Waals surface area contributed by atoms with Crippen LogP contribution in [0.15, 0.2) is 54.7 Å². The van der Waals surface area contributed by atoms with E-state index in [1.54, 1.807) is 6.07 Å². The lowest BCUT2D eigenvalue weighted by atomic mass is 9.81. The van der Waals surface area contributed by atoms with Crippen LogP contribution in [0, 0.1) is 6.92 Å². The Morgan fingerprint density at radius 1 is 1.10 bits per heavy atom. The van der Waals surface area contributed by atoms with Crippen molar-refractivity contribution in [2.75, 3.05) is 5.32 Å². The second-order valence-corrected chi connectivity index (χ2v) is 8.23. The number of fused-ring (bicyclic) bond motifs is 1. The molecule has 1 N–H and O–H groups in total. The van der Waals surface area contributed by atoms with Crippen LogP contribution in [0.3, 0.4) is 0 Å². The lowest BCUT2D eigenvalue weighted by Gasteiger charge is -2.23. The molecule has 1 heterocycles. The second kappa shape index (κ2) is 8.19. The zero-order valence-electron chi connectivity index (χ0n) is 17.5. The number of hydrogen-bond donors (Lipinski definition) is 1. The first-order valence-corrected chi connectivity index (χ1v) is 10.3. The van der Waals surface area contributed by atoms with Gasteiger partial charge in [0, 0.05) is 18.2 Å². The normalized spacial score (nSPS) is 15.7. The third-order valence-corrected chi connectivity index (χ3v) is 5.62. The van der Waals surface area contributed by atoms with Crippen molar-refractivity contribution in [3.05, 3.63) is 88.2 Å². The van der Waals surface area contributed by atoms with Gasteiger partial charge in [-0.1, -0.05) is 55.8 Å². The number of Topliss-reactive ketones (excluding diaryl/α,β-unsaturated/α-hetero) is 1. The van der Waals surface area contributed by atoms with Crippen molar-refractivity contribution in [3.63, 3.8) is 0 Å². The SMILES string of the molecule is Cc1cccc(C(=O)Nc2ncc3c(n2)C[C@H](c2ccc(C(C)C)cc2)CC3=O)c1. The van der Waals surface area contributed by atoms with Crippen LogP contribution >= 0.6 is 0 Å². The van der Waals surface area contributed by atoms with Gasteiger partial charge < -0.3 is 0 Å². The molecule has 1 amide bonds. The number of amides is 1. The maximum atomic E-state index is 12.7. The predicted molar refractivity (Wildman–Crippen MR) is 117 cm³/mol. The molecule has 0 saturated carbocycles. The summed E-state index contributed by atoms with van der Waals surface area (Å²) in [6.45, 7) is 6.27. The van der Waals surface area contributed by atoms with E-state index in [0.717, 1.165) is 11.1 Å². The summed E-state index contributed by atoms with van der Waals surface area (Å²) in [6, 6.07) is 15.8. The molecule has 4 rings (SSSR count). The quantitative estimate of drug-likeness (QED) is 0.664. The minimum absolute atomic E-state index is 0.0470. The third kappa shape index (κ3) is 4.15. The van der Waals surface area contributed by atoms with Crippen LogP contribution in [-0.4, -0.2) is 21.7 Å². The summed E-state index contributed by atoms with van der Waals surface area (Å²) >= 11 is 0. The van der Waals surface area contributed by atoms with Crippen LogP contribution in [0.25, 0.3) is 0 Å². The van der Waals surface area contributed by atoms with Gasteiger partial charge in [0.25, 0.3) is 5.91 Å². The molecule has 152 valence electrons. The van der Waals surface area contributed by atoms with Gasteiger partial charge in [0.15, 0.2) is 5.78 Å². The Morgan fingerprint density at radius 3 is 2.57 bits per heavy atom. The monoisotopic (exact) mass is 399 g/mol. The number of anilines is 1. The Hall–Kier alpha value is -3.34. The molecule has 1 aliphatic carbocycles. The van der Waals surface area contributed by atoms with Crippen LogP contribution in [0.2, 0.25) is 0 Å². The van der Waals surface area contributed by atoms with E-state index in [-0.39, 0.29) is 23.6 Å². The maximum absolute atomic E-state index is 12.7. The Kier molecular flexibility index (Phi) is 5.44. The molecule has 0 radical (unpaired) electrons. The summed E-state index contributed by atoms with van der Waals surface area (Å²) < 4.78 is 0. The lowest BCUT2D eigenvalue weighted by molar-refractivity contribution is 0.0962. The van der Waals surface area contributed by atoms with Gasteiger partial charge in [-0.05, 0) is 48.4 Å². The van der Waals surface area contributed by atoms with Gasteiger partial charge in [-0.2, -0.15) is 0 Å². The highest BCUT2D eigenvalue weighted by atomic mass is 16.1. The van der Waals surface area contributed by atoms with Crippen molar-refractivity contribution < 1.29 is 9.59 Å². The summed E-state index contributed by atoms with van der Waals surface area (Å²) in [4.78, 5) is 33.9.